The molecule has 0 unspecified atom stereocenters. The summed E-state index contributed by atoms with van der Waals surface area (Å²) in [7, 11) is 1.54. The van der Waals surface area contributed by atoms with E-state index in [1.54, 1.807) is 13.2 Å². The molecule has 0 saturated carbocycles. The third-order valence-corrected chi connectivity index (χ3v) is 3.70. The minimum absolute atomic E-state index is 0.239. The molecule has 2 rings (SSSR count). The minimum atomic E-state index is -0.239. The number of nitrogens with zero attached hydrogens (tertiary/aromatic N) is 1. The normalized spacial score (nSPS) is 16.6. The van der Waals surface area contributed by atoms with E-state index in [0.717, 1.165) is 56.7 Å². The van der Waals surface area contributed by atoms with Crippen LogP contribution in [-0.2, 0) is 12.8 Å². The Morgan fingerprint density at radius 1 is 1.32 bits per heavy atom. The summed E-state index contributed by atoms with van der Waals surface area (Å²) in [5, 5.41) is 3.34. The molecule has 1 aliphatic rings. The Morgan fingerprint density at radius 3 is 2.68 bits per heavy atom. The Morgan fingerprint density at radius 2 is 2.05 bits per heavy atom. The standard InChI is InChI=1S/C15H23FN2O/c1-3-12-10-13(15(19-2)14(16)11-12)4-7-18-8-5-17-6-9-18/h10-11,17H,3-9H2,1-2H3. The molecule has 0 amide bonds. The lowest BCUT2D eigenvalue weighted by molar-refractivity contribution is 0.242. The first kappa shape index (κ1) is 14.3. The molecule has 4 heteroatoms. The number of nitrogens with one attached hydrogen (secondary N) is 1. The summed E-state index contributed by atoms with van der Waals surface area (Å²) in [6, 6.07) is 3.65. The number of hydrogen-bond acceptors (Lipinski definition) is 3. The molecule has 0 radical (unpaired) electrons. The molecule has 0 spiro atoms. The lowest BCUT2D eigenvalue weighted by atomic mass is 10.0. The van der Waals surface area contributed by atoms with Crippen LogP contribution in [0.15, 0.2) is 12.1 Å². The number of piperazine rings is 1. The van der Waals surface area contributed by atoms with Crippen LogP contribution < -0.4 is 10.1 Å². The van der Waals surface area contributed by atoms with E-state index >= 15 is 0 Å². The van der Waals surface area contributed by atoms with E-state index in [1.165, 1.54) is 0 Å². The predicted octanol–water partition coefficient (Wildman–Crippen LogP) is 1.84. The van der Waals surface area contributed by atoms with E-state index in [0.29, 0.717) is 5.75 Å². The van der Waals surface area contributed by atoms with Crippen molar-refractivity contribution in [2.45, 2.75) is 19.8 Å². The van der Waals surface area contributed by atoms with Crippen LogP contribution in [0.5, 0.6) is 5.75 Å². The van der Waals surface area contributed by atoms with E-state index in [-0.39, 0.29) is 5.82 Å². The molecule has 19 heavy (non-hydrogen) atoms. The van der Waals surface area contributed by atoms with Crippen LogP contribution in [0, 0.1) is 5.82 Å². The van der Waals surface area contributed by atoms with Gasteiger partial charge in [0.05, 0.1) is 7.11 Å². The molecule has 1 aromatic carbocycles. The van der Waals surface area contributed by atoms with Crippen molar-refractivity contribution in [1.29, 1.82) is 0 Å². The number of rotatable bonds is 5. The molecule has 1 heterocycles. The molecule has 0 atom stereocenters. The average molecular weight is 266 g/mol. The highest BCUT2D eigenvalue weighted by atomic mass is 19.1. The molecule has 106 valence electrons. The Labute approximate surface area is 114 Å². The van der Waals surface area contributed by atoms with Crippen molar-refractivity contribution >= 4 is 0 Å². The van der Waals surface area contributed by atoms with Crippen molar-refractivity contribution < 1.29 is 9.13 Å². The Hall–Kier alpha value is -1.13. The van der Waals surface area contributed by atoms with Gasteiger partial charge in [-0.3, -0.25) is 0 Å². The summed E-state index contributed by atoms with van der Waals surface area (Å²) in [5.74, 6) is 0.171. The van der Waals surface area contributed by atoms with Gasteiger partial charge in [-0.2, -0.15) is 0 Å². The van der Waals surface area contributed by atoms with Gasteiger partial charge in [0.1, 0.15) is 0 Å². The topological polar surface area (TPSA) is 24.5 Å². The third kappa shape index (κ3) is 3.67. The van der Waals surface area contributed by atoms with Crippen molar-refractivity contribution in [2.75, 3.05) is 39.8 Å². The maximum atomic E-state index is 13.9. The molecule has 1 aliphatic heterocycles. The summed E-state index contributed by atoms with van der Waals surface area (Å²) in [6.07, 6.45) is 1.69. The van der Waals surface area contributed by atoms with Gasteiger partial charge in [0.15, 0.2) is 11.6 Å². The fraction of sp³-hybridized carbons (Fsp3) is 0.600. The van der Waals surface area contributed by atoms with Gasteiger partial charge in [0, 0.05) is 32.7 Å². The van der Waals surface area contributed by atoms with Crippen LogP contribution >= 0.6 is 0 Å². The number of methoxy groups -OCH3 is 1. The van der Waals surface area contributed by atoms with Crippen LogP contribution in [0.1, 0.15) is 18.1 Å². The van der Waals surface area contributed by atoms with E-state index in [9.17, 15) is 4.39 Å². The fourth-order valence-electron chi connectivity index (χ4n) is 2.54. The quantitative estimate of drug-likeness (QED) is 0.880. The Bertz CT molecular complexity index is 417. The van der Waals surface area contributed by atoms with Gasteiger partial charge in [-0.1, -0.05) is 13.0 Å². The zero-order chi connectivity index (χ0) is 13.7. The highest BCUT2D eigenvalue weighted by Crippen LogP contribution is 2.25. The van der Waals surface area contributed by atoms with Gasteiger partial charge in [0.25, 0.3) is 0 Å². The Kier molecular flexibility index (Phi) is 5.16. The summed E-state index contributed by atoms with van der Waals surface area (Å²) in [4.78, 5) is 2.41. The molecule has 1 saturated heterocycles. The van der Waals surface area contributed by atoms with E-state index < -0.39 is 0 Å². The Balaban J connectivity index is 2.06. The minimum Gasteiger partial charge on any atom is -0.493 e. The van der Waals surface area contributed by atoms with E-state index in [4.69, 9.17) is 4.74 Å². The number of aryl methyl sites for hydroxylation is 1. The van der Waals surface area contributed by atoms with Gasteiger partial charge in [-0.15, -0.1) is 0 Å². The number of hydrogen-bond donors (Lipinski definition) is 1. The lowest BCUT2D eigenvalue weighted by Gasteiger charge is -2.27. The van der Waals surface area contributed by atoms with Crippen LogP contribution in [-0.4, -0.2) is 44.7 Å². The predicted molar refractivity (Wildman–Crippen MR) is 75.3 cm³/mol. The lowest BCUT2D eigenvalue weighted by Crippen LogP contribution is -2.44. The van der Waals surface area contributed by atoms with Gasteiger partial charge in [-0.25, -0.2) is 4.39 Å². The number of benzene rings is 1. The van der Waals surface area contributed by atoms with Crippen molar-refractivity contribution in [3.63, 3.8) is 0 Å². The summed E-state index contributed by atoms with van der Waals surface area (Å²) >= 11 is 0. The zero-order valence-electron chi connectivity index (χ0n) is 11.8. The molecule has 1 fully saturated rings. The molecule has 1 aromatic rings. The van der Waals surface area contributed by atoms with Crippen molar-refractivity contribution in [2.24, 2.45) is 0 Å². The molecule has 0 bridgehead atoms. The maximum absolute atomic E-state index is 13.9. The second-order valence-corrected chi connectivity index (χ2v) is 4.97. The highest BCUT2D eigenvalue weighted by Gasteiger charge is 2.14. The molecule has 3 nitrogen and oxygen atoms in total. The zero-order valence-corrected chi connectivity index (χ0v) is 11.8. The highest BCUT2D eigenvalue weighted by molar-refractivity contribution is 5.39. The van der Waals surface area contributed by atoms with Gasteiger partial charge in [0.2, 0.25) is 0 Å². The van der Waals surface area contributed by atoms with Crippen molar-refractivity contribution in [3.05, 3.63) is 29.1 Å². The number of halogens is 1. The van der Waals surface area contributed by atoms with E-state index in [2.05, 4.69) is 16.3 Å². The second kappa shape index (κ2) is 6.87. The monoisotopic (exact) mass is 266 g/mol. The summed E-state index contributed by atoms with van der Waals surface area (Å²) in [5.41, 5.74) is 2.02. The number of ether oxygens (including phenoxy) is 1. The van der Waals surface area contributed by atoms with Gasteiger partial charge >= 0.3 is 0 Å². The molecular formula is C15H23FN2O. The summed E-state index contributed by atoms with van der Waals surface area (Å²) < 4.78 is 19.1. The third-order valence-electron chi connectivity index (χ3n) is 3.70. The first-order valence-corrected chi connectivity index (χ1v) is 7.03. The second-order valence-electron chi connectivity index (χ2n) is 4.97. The molecular weight excluding hydrogens is 243 g/mol. The molecule has 1 N–H and O–H groups in total. The van der Waals surface area contributed by atoms with Crippen LogP contribution in [0.3, 0.4) is 0 Å². The van der Waals surface area contributed by atoms with Crippen molar-refractivity contribution in [1.82, 2.24) is 10.2 Å². The van der Waals surface area contributed by atoms with Gasteiger partial charge < -0.3 is 15.0 Å². The largest absolute Gasteiger partial charge is 0.493 e. The summed E-state index contributed by atoms with van der Waals surface area (Å²) in [6.45, 7) is 7.23. The first-order valence-electron chi connectivity index (χ1n) is 7.03. The SMILES string of the molecule is CCc1cc(F)c(OC)c(CCN2CCNCC2)c1. The smallest absolute Gasteiger partial charge is 0.165 e. The van der Waals surface area contributed by atoms with E-state index in [1.807, 2.05) is 6.92 Å². The first-order chi connectivity index (χ1) is 9.24. The average Bonchev–Trinajstić information content (AvgIpc) is 2.45. The van der Waals surface area contributed by atoms with Crippen LogP contribution in [0.25, 0.3) is 0 Å². The van der Waals surface area contributed by atoms with Crippen molar-refractivity contribution in [3.8, 4) is 5.75 Å². The molecule has 0 aromatic heterocycles. The van der Waals surface area contributed by atoms with Crippen LogP contribution in [0.2, 0.25) is 0 Å². The van der Waals surface area contributed by atoms with Crippen LogP contribution in [0.4, 0.5) is 4.39 Å². The molecule has 0 aliphatic carbocycles. The fourth-order valence-corrected chi connectivity index (χ4v) is 2.54. The van der Waals surface area contributed by atoms with Gasteiger partial charge in [-0.05, 0) is 30.0 Å². The maximum Gasteiger partial charge on any atom is 0.165 e.